The van der Waals surface area contributed by atoms with Gasteiger partial charge in [0.2, 0.25) is 0 Å². The van der Waals surface area contributed by atoms with Gasteiger partial charge in [0.05, 0.1) is 20.7 Å². The zero-order valence-electron chi connectivity index (χ0n) is 12.1. The Balaban J connectivity index is 2.05. The van der Waals surface area contributed by atoms with Crippen LogP contribution >= 0.6 is 11.6 Å². The molecule has 2 nitrogen and oxygen atoms in total. The lowest BCUT2D eigenvalue weighted by Gasteiger charge is -2.13. The Bertz CT molecular complexity index is 612. The van der Waals surface area contributed by atoms with Crippen molar-refractivity contribution in [2.45, 2.75) is 30.7 Å². The van der Waals surface area contributed by atoms with E-state index in [-0.39, 0.29) is 6.04 Å². The molecule has 0 aliphatic carbocycles. The molecule has 2 aromatic carbocycles. The number of rotatable bonds is 6. The molecule has 0 aliphatic rings. The fourth-order valence-electron chi connectivity index (χ4n) is 2.20. The molecule has 2 atom stereocenters. The minimum absolute atomic E-state index is 0.252. The maximum atomic E-state index is 12.4. The largest absolute Gasteiger partial charge is 0.323 e. The second kappa shape index (κ2) is 7.74. The van der Waals surface area contributed by atoms with Crippen molar-refractivity contribution in [3.63, 3.8) is 0 Å². The van der Waals surface area contributed by atoms with E-state index in [0.29, 0.717) is 15.7 Å². The number of hydrogen-bond acceptors (Lipinski definition) is 2. The molecule has 0 aliphatic heterocycles. The summed E-state index contributed by atoms with van der Waals surface area (Å²) in [6.45, 7) is 2.16. The minimum Gasteiger partial charge on any atom is -0.323 e. The molecule has 0 saturated carbocycles. The van der Waals surface area contributed by atoms with Gasteiger partial charge in [-0.05, 0) is 29.7 Å². The number of benzene rings is 2. The summed E-state index contributed by atoms with van der Waals surface area (Å²) in [5.74, 6) is 0.372. The van der Waals surface area contributed by atoms with Crippen molar-refractivity contribution in [1.82, 2.24) is 0 Å². The summed E-state index contributed by atoms with van der Waals surface area (Å²) in [6, 6.07) is 15.2. The first-order valence-corrected chi connectivity index (χ1v) is 8.78. The highest BCUT2D eigenvalue weighted by molar-refractivity contribution is 7.85. The van der Waals surface area contributed by atoms with Crippen molar-refractivity contribution in [3.05, 3.63) is 64.7 Å². The number of halogens is 1. The van der Waals surface area contributed by atoms with E-state index in [9.17, 15) is 4.21 Å². The van der Waals surface area contributed by atoms with Crippen LogP contribution < -0.4 is 5.73 Å². The minimum atomic E-state index is -1.19. The van der Waals surface area contributed by atoms with Crippen LogP contribution in [0.3, 0.4) is 0 Å². The standard InChI is InChI=1S/C17H20ClNOS/c1-2-5-13-8-10-14(11-9-13)16(19)12-21(20)17-7-4-3-6-15(17)18/h3-4,6-11,16H,2,5,12,19H2,1H3. The molecule has 21 heavy (non-hydrogen) atoms. The van der Waals surface area contributed by atoms with Gasteiger partial charge in [-0.25, -0.2) is 0 Å². The van der Waals surface area contributed by atoms with Crippen molar-refractivity contribution >= 4 is 22.4 Å². The third-order valence-electron chi connectivity index (χ3n) is 3.36. The van der Waals surface area contributed by atoms with E-state index in [1.54, 1.807) is 12.1 Å². The first kappa shape index (κ1) is 16.2. The van der Waals surface area contributed by atoms with Crippen molar-refractivity contribution < 1.29 is 4.21 Å². The van der Waals surface area contributed by atoms with Crippen LogP contribution in [0.2, 0.25) is 5.02 Å². The molecule has 0 heterocycles. The van der Waals surface area contributed by atoms with E-state index < -0.39 is 10.8 Å². The van der Waals surface area contributed by atoms with Crippen LogP contribution in [0, 0.1) is 0 Å². The Morgan fingerprint density at radius 3 is 2.43 bits per heavy atom. The average molecular weight is 322 g/mol. The molecule has 0 bridgehead atoms. The van der Waals surface area contributed by atoms with Gasteiger partial charge in [-0.1, -0.05) is 61.3 Å². The first-order valence-electron chi connectivity index (χ1n) is 7.09. The van der Waals surface area contributed by atoms with E-state index in [0.717, 1.165) is 18.4 Å². The van der Waals surface area contributed by atoms with E-state index in [1.165, 1.54) is 5.56 Å². The summed E-state index contributed by atoms with van der Waals surface area (Å²) in [6.07, 6.45) is 2.20. The van der Waals surface area contributed by atoms with Gasteiger partial charge in [0.15, 0.2) is 0 Å². The summed E-state index contributed by atoms with van der Waals surface area (Å²) in [5.41, 5.74) is 8.49. The summed E-state index contributed by atoms with van der Waals surface area (Å²) in [5, 5.41) is 0.529. The maximum Gasteiger partial charge on any atom is 0.0574 e. The molecule has 0 radical (unpaired) electrons. The van der Waals surface area contributed by atoms with Gasteiger partial charge in [0.25, 0.3) is 0 Å². The number of nitrogens with two attached hydrogens (primary N) is 1. The molecule has 2 rings (SSSR count). The second-order valence-electron chi connectivity index (χ2n) is 5.04. The molecule has 2 unspecified atom stereocenters. The number of aryl methyl sites for hydroxylation is 1. The van der Waals surface area contributed by atoms with Crippen LogP contribution in [0.5, 0.6) is 0 Å². The Morgan fingerprint density at radius 2 is 1.81 bits per heavy atom. The quantitative estimate of drug-likeness (QED) is 0.870. The molecular formula is C17H20ClNOS. The van der Waals surface area contributed by atoms with Gasteiger partial charge in [0.1, 0.15) is 0 Å². The molecule has 2 N–H and O–H groups in total. The lowest BCUT2D eigenvalue weighted by Crippen LogP contribution is -2.18. The normalized spacial score (nSPS) is 13.9. The predicted octanol–water partition coefficient (Wildman–Crippen LogP) is 4.10. The van der Waals surface area contributed by atoms with Gasteiger partial charge < -0.3 is 5.73 Å². The van der Waals surface area contributed by atoms with Crippen molar-refractivity contribution in [1.29, 1.82) is 0 Å². The van der Waals surface area contributed by atoms with Crippen LogP contribution in [0.1, 0.15) is 30.5 Å². The summed E-state index contributed by atoms with van der Waals surface area (Å²) in [4.78, 5) is 0.650. The molecular weight excluding hydrogens is 302 g/mol. The van der Waals surface area contributed by atoms with Gasteiger partial charge in [-0.15, -0.1) is 0 Å². The molecule has 2 aromatic rings. The monoisotopic (exact) mass is 321 g/mol. The SMILES string of the molecule is CCCc1ccc(C(N)CS(=O)c2ccccc2Cl)cc1. The fraction of sp³-hybridized carbons (Fsp3) is 0.294. The molecule has 0 spiro atoms. The predicted molar refractivity (Wildman–Crippen MR) is 90.1 cm³/mol. The van der Waals surface area contributed by atoms with E-state index in [2.05, 4.69) is 19.1 Å². The molecule has 0 saturated heterocycles. The lowest BCUT2D eigenvalue weighted by molar-refractivity contribution is 0.675. The van der Waals surface area contributed by atoms with Crippen LogP contribution in [0.25, 0.3) is 0 Å². The van der Waals surface area contributed by atoms with Gasteiger partial charge in [-0.3, -0.25) is 4.21 Å². The zero-order chi connectivity index (χ0) is 15.2. The van der Waals surface area contributed by atoms with Crippen LogP contribution in [-0.4, -0.2) is 9.96 Å². The van der Waals surface area contributed by atoms with Gasteiger partial charge in [-0.2, -0.15) is 0 Å². The van der Waals surface area contributed by atoms with E-state index >= 15 is 0 Å². The highest BCUT2D eigenvalue weighted by Gasteiger charge is 2.14. The number of hydrogen-bond donors (Lipinski definition) is 1. The second-order valence-corrected chi connectivity index (χ2v) is 6.91. The van der Waals surface area contributed by atoms with Crippen molar-refractivity contribution in [2.75, 3.05) is 5.75 Å². The first-order chi connectivity index (χ1) is 10.1. The maximum absolute atomic E-state index is 12.4. The molecule has 0 aromatic heterocycles. The van der Waals surface area contributed by atoms with Crippen LogP contribution in [0.4, 0.5) is 0 Å². The Hall–Kier alpha value is -1.16. The van der Waals surface area contributed by atoms with Crippen molar-refractivity contribution in [2.24, 2.45) is 5.73 Å². The smallest absolute Gasteiger partial charge is 0.0574 e. The molecule has 0 fully saturated rings. The van der Waals surface area contributed by atoms with Gasteiger partial charge in [0, 0.05) is 11.8 Å². The molecule has 112 valence electrons. The van der Waals surface area contributed by atoms with Crippen LogP contribution in [0.15, 0.2) is 53.4 Å². The Kier molecular flexibility index (Phi) is 5.97. The topological polar surface area (TPSA) is 43.1 Å². The van der Waals surface area contributed by atoms with E-state index in [1.807, 2.05) is 24.3 Å². The summed E-state index contributed by atoms with van der Waals surface area (Å²) < 4.78 is 12.4. The van der Waals surface area contributed by atoms with Crippen molar-refractivity contribution in [3.8, 4) is 0 Å². The third-order valence-corrected chi connectivity index (χ3v) is 5.31. The summed E-state index contributed by atoms with van der Waals surface area (Å²) in [7, 11) is -1.19. The molecule has 4 heteroatoms. The Labute approximate surface area is 133 Å². The molecule has 0 amide bonds. The highest BCUT2D eigenvalue weighted by atomic mass is 35.5. The lowest BCUT2D eigenvalue weighted by atomic mass is 10.0. The van der Waals surface area contributed by atoms with Gasteiger partial charge >= 0.3 is 0 Å². The summed E-state index contributed by atoms with van der Waals surface area (Å²) >= 11 is 6.07. The Morgan fingerprint density at radius 1 is 1.14 bits per heavy atom. The highest BCUT2D eigenvalue weighted by Crippen LogP contribution is 2.22. The van der Waals surface area contributed by atoms with E-state index in [4.69, 9.17) is 17.3 Å². The third kappa shape index (κ3) is 4.40. The fourth-order valence-corrected chi connectivity index (χ4v) is 3.81. The van der Waals surface area contributed by atoms with Crippen LogP contribution in [-0.2, 0) is 17.2 Å². The average Bonchev–Trinajstić information content (AvgIpc) is 2.48. The zero-order valence-corrected chi connectivity index (χ0v) is 13.7.